The second kappa shape index (κ2) is 5.82. The number of fused-ring (bicyclic) bond motifs is 1. The van der Waals surface area contributed by atoms with Crippen molar-refractivity contribution in [2.45, 2.75) is 38.6 Å². The first-order valence-electron chi connectivity index (χ1n) is 8.15. The van der Waals surface area contributed by atoms with E-state index in [0.717, 1.165) is 31.3 Å². The van der Waals surface area contributed by atoms with Crippen molar-refractivity contribution in [3.63, 3.8) is 0 Å². The molecule has 2 heterocycles. The molecular weight excluding hydrogens is 292 g/mol. The number of morpholine rings is 1. The van der Waals surface area contributed by atoms with Crippen molar-refractivity contribution in [3.8, 4) is 0 Å². The van der Waals surface area contributed by atoms with Crippen molar-refractivity contribution in [1.29, 1.82) is 0 Å². The molecule has 2 aliphatic rings. The molecule has 0 radical (unpaired) electrons. The van der Waals surface area contributed by atoms with E-state index in [1.54, 1.807) is 0 Å². The maximum absolute atomic E-state index is 5.72. The van der Waals surface area contributed by atoms with Crippen molar-refractivity contribution in [1.82, 2.24) is 4.90 Å². The van der Waals surface area contributed by atoms with Crippen LogP contribution in [0, 0.1) is 0 Å². The molecule has 120 valence electrons. The van der Waals surface area contributed by atoms with Gasteiger partial charge in [-0.05, 0) is 49.9 Å². The van der Waals surface area contributed by atoms with E-state index in [1.165, 1.54) is 23.2 Å². The van der Waals surface area contributed by atoms with Crippen LogP contribution in [0.15, 0.2) is 18.2 Å². The summed E-state index contributed by atoms with van der Waals surface area (Å²) in [7, 11) is 2.20. The fourth-order valence-electron chi connectivity index (χ4n) is 3.66. The summed E-state index contributed by atoms with van der Waals surface area (Å²) in [6.07, 6.45) is 1.17. The van der Waals surface area contributed by atoms with E-state index in [4.69, 9.17) is 17.0 Å². The molecule has 4 heteroatoms. The Hall–Kier alpha value is -1.13. The van der Waals surface area contributed by atoms with Gasteiger partial charge in [0.25, 0.3) is 0 Å². The Labute approximate surface area is 139 Å². The molecule has 0 amide bonds. The fraction of sp³-hybridized carbons (Fsp3) is 0.611. The van der Waals surface area contributed by atoms with E-state index in [2.05, 4.69) is 55.8 Å². The van der Waals surface area contributed by atoms with Crippen LogP contribution in [0.4, 0.5) is 5.69 Å². The second-order valence-electron chi connectivity index (χ2n) is 7.15. The molecule has 0 unspecified atom stereocenters. The van der Waals surface area contributed by atoms with Gasteiger partial charge in [0.15, 0.2) is 0 Å². The number of benzene rings is 1. The van der Waals surface area contributed by atoms with E-state index in [1.807, 2.05) is 0 Å². The average Bonchev–Trinajstić information content (AvgIpc) is 2.52. The first-order valence-corrected chi connectivity index (χ1v) is 8.56. The van der Waals surface area contributed by atoms with E-state index in [0.29, 0.717) is 5.92 Å². The number of ether oxygens (including phenoxy) is 1. The smallest absolute Gasteiger partial charge is 0.109 e. The summed E-state index contributed by atoms with van der Waals surface area (Å²) < 4.78 is 5.42. The molecule has 2 aliphatic heterocycles. The molecule has 1 atom stereocenters. The summed E-state index contributed by atoms with van der Waals surface area (Å²) in [6, 6.07) is 6.74. The normalized spacial score (nSPS) is 24.1. The van der Waals surface area contributed by atoms with Gasteiger partial charge in [-0.25, -0.2) is 0 Å². The summed E-state index contributed by atoms with van der Waals surface area (Å²) in [6.45, 7) is 10.3. The Kier molecular flexibility index (Phi) is 4.17. The van der Waals surface area contributed by atoms with E-state index >= 15 is 0 Å². The molecule has 0 bridgehead atoms. The van der Waals surface area contributed by atoms with Crippen LogP contribution in [0.2, 0.25) is 0 Å². The fourth-order valence-corrected chi connectivity index (χ4v) is 3.97. The molecule has 1 saturated heterocycles. The monoisotopic (exact) mass is 318 g/mol. The van der Waals surface area contributed by atoms with Crippen LogP contribution in [0.25, 0.3) is 0 Å². The van der Waals surface area contributed by atoms with E-state index in [-0.39, 0.29) is 5.54 Å². The van der Waals surface area contributed by atoms with Crippen molar-refractivity contribution >= 4 is 22.9 Å². The Bertz CT molecular complexity index is 578. The van der Waals surface area contributed by atoms with Crippen LogP contribution in [-0.2, 0) is 4.74 Å². The summed E-state index contributed by atoms with van der Waals surface area (Å²) in [5, 5.41) is 0. The van der Waals surface area contributed by atoms with Gasteiger partial charge in [0.2, 0.25) is 0 Å². The predicted octanol–water partition coefficient (Wildman–Crippen LogP) is 3.42. The zero-order valence-corrected chi connectivity index (χ0v) is 14.9. The summed E-state index contributed by atoms with van der Waals surface area (Å²) in [5.41, 5.74) is 4.15. The molecule has 1 aromatic carbocycles. The third-order valence-corrected chi connectivity index (χ3v) is 5.67. The van der Waals surface area contributed by atoms with Gasteiger partial charge in [-0.1, -0.05) is 19.1 Å². The lowest BCUT2D eigenvalue weighted by molar-refractivity contribution is 0.0693. The number of thiocarbonyl (C=S) groups is 1. The third kappa shape index (κ3) is 2.74. The van der Waals surface area contributed by atoms with Crippen LogP contribution in [0.1, 0.15) is 44.2 Å². The first kappa shape index (κ1) is 15.8. The Morgan fingerprint density at radius 3 is 2.64 bits per heavy atom. The molecular formula is C18H26N2OS. The minimum Gasteiger partial charge on any atom is -0.378 e. The van der Waals surface area contributed by atoms with Crippen LogP contribution < -0.4 is 4.90 Å². The molecule has 1 aromatic rings. The molecule has 22 heavy (non-hydrogen) atoms. The van der Waals surface area contributed by atoms with E-state index < -0.39 is 0 Å². The maximum Gasteiger partial charge on any atom is 0.109 e. The van der Waals surface area contributed by atoms with Gasteiger partial charge in [0.1, 0.15) is 4.99 Å². The highest BCUT2D eigenvalue weighted by atomic mass is 32.1. The Morgan fingerprint density at radius 1 is 1.27 bits per heavy atom. The van der Waals surface area contributed by atoms with Crippen molar-refractivity contribution in [3.05, 3.63) is 29.3 Å². The maximum atomic E-state index is 5.72. The summed E-state index contributed by atoms with van der Waals surface area (Å²) in [5.74, 6) is 0.564. The number of hydrogen-bond donors (Lipinski definition) is 0. The summed E-state index contributed by atoms with van der Waals surface area (Å²) in [4.78, 5) is 5.64. The number of anilines is 1. The highest BCUT2D eigenvalue weighted by Crippen LogP contribution is 2.42. The lowest BCUT2D eigenvalue weighted by Gasteiger charge is -2.45. The SMILES string of the molecule is C[C@@H]1CC(C)(C)N(C)c2ccc(C(=S)N3CCOCC3)cc21. The lowest BCUT2D eigenvalue weighted by Crippen LogP contribution is -2.46. The number of hydrogen-bond acceptors (Lipinski definition) is 3. The van der Waals surface area contributed by atoms with Crippen LogP contribution in [0.3, 0.4) is 0 Å². The molecule has 0 N–H and O–H groups in total. The second-order valence-corrected chi connectivity index (χ2v) is 7.54. The van der Waals surface area contributed by atoms with Crippen LogP contribution in [-0.4, -0.2) is 48.8 Å². The number of rotatable bonds is 1. The molecule has 0 aromatic heterocycles. The largest absolute Gasteiger partial charge is 0.378 e. The average molecular weight is 318 g/mol. The van der Waals surface area contributed by atoms with Crippen LogP contribution in [0.5, 0.6) is 0 Å². The minimum absolute atomic E-state index is 0.207. The van der Waals surface area contributed by atoms with Gasteiger partial charge in [-0.3, -0.25) is 0 Å². The predicted molar refractivity (Wildman–Crippen MR) is 96.0 cm³/mol. The lowest BCUT2D eigenvalue weighted by atomic mass is 9.80. The number of nitrogens with zero attached hydrogens (tertiary/aromatic N) is 2. The third-order valence-electron chi connectivity index (χ3n) is 5.18. The van der Waals surface area contributed by atoms with Gasteiger partial charge in [0.05, 0.1) is 13.2 Å². The van der Waals surface area contributed by atoms with Gasteiger partial charge in [-0.2, -0.15) is 0 Å². The van der Waals surface area contributed by atoms with Gasteiger partial charge in [0, 0.05) is 36.9 Å². The highest BCUT2D eigenvalue weighted by molar-refractivity contribution is 7.80. The van der Waals surface area contributed by atoms with Crippen LogP contribution >= 0.6 is 12.2 Å². The Morgan fingerprint density at radius 2 is 1.95 bits per heavy atom. The Balaban J connectivity index is 1.91. The zero-order chi connectivity index (χ0) is 15.9. The van der Waals surface area contributed by atoms with E-state index in [9.17, 15) is 0 Å². The molecule has 0 aliphatic carbocycles. The standard InChI is InChI=1S/C18H26N2OS/c1-13-12-18(2,3)19(4)16-6-5-14(11-15(13)16)17(22)20-7-9-21-10-8-20/h5-6,11,13H,7-10,12H2,1-4H3/t13-/m1/s1. The molecule has 0 saturated carbocycles. The molecule has 1 fully saturated rings. The first-order chi connectivity index (χ1) is 10.4. The summed E-state index contributed by atoms with van der Waals surface area (Å²) >= 11 is 5.72. The van der Waals surface area contributed by atoms with Gasteiger partial charge < -0.3 is 14.5 Å². The molecule has 3 nitrogen and oxygen atoms in total. The molecule has 3 rings (SSSR count). The van der Waals surface area contributed by atoms with Crippen molar-refractivity contribution < 1.29 is 4.74 Å². The van der Waals surface area contributed by atoms with Gasteiger partial charge in [-0.15, -0.1) is 0 Å². The molecule has 0 spiro atoms. The topological polar surface area (TPSA) is 15.7 Å². The quantitative estimate of drug-likeness (QED) is 0.737. The van der Waals surface area contributed by atoms with Crippen molar-refractivity contribution in [2.24, 2.45) is 0 Å². The van der Waals surface area contributed by atoms with Gasteiger partial charge >= 0.3 is 0 Å². The minimum atomic E-state index is 0.207. The van der Waals surface area contributed by atoms with Crippen molar-refractivity contribution in [2.75, 3.05) is 38.3 Å². The highest BCUT2D eigenvalue weighted by Gasteiger charge is 2.34. The zero-order valence-electron chi connectivity index (χ0n) is 14.1.